The molecule has 4 unspecified atom stereocenters. The molecule has 22 heteroatoms. The lowest BCUT2D eigenvalue weighted by Crippen LogP contribution is -2.49. The quantitative estimate of drug-likeness (QED) is 0.156. The number of nitrogens with one attached hydrogen (secondary N) is 1. The van der Waals surface area contributed by atoms with Crippen LogP contribution in [0.15, 0.2) is 36.8 Å². The van der Waals surface area contributed by atoms with E-state index in [1.807, 2.05) is 49.2 Å². The van der Waals surface area contributed by atoms with Gasteiger partial charge in [0.15, 0.2) is 0 Å². The molecule has 5 N–H and O–H groups in total. The number of pyridine rings is 3. The Morgan fingerprint density at radius 3 is 1.30 bits per heavy atom. The summed E-state index contributed by atoms with van der Waals surface area (Å²) >= 11 is 0. The predicted molar refractivity (Wildman–Crippen MR) is 363 cm³/mol. The Balaban J connectivity index is 0.000000131. The van der Waals surface area contributed by atoms with Gasteiger partial charge in [-0.1, -0.05) is 18.2 Å². The lowest BCUT2D eigenvalue weighted by Gasteiger charge is -2.37. The molecule has 12 aliphatic rings. The van der Waals surface area contributed by atoms with E-state index in [4.69, 9.17) is 39.9 Å². The first-order valence-corrected chi connectivity index (χ1v) is 36.8. The summed E-state index contributed by atoms with van der Waals surface area (Å²) in [5.41, 5.74) is 20.4. The summed E-state index contributed by atoms with van der Waals surface area (Å²) in [4.78, 5) is 89.5. The molecular formula is C75H109N11O11. The summed E-state index contributed by atoms with van der Waals surface area (Å²) in [6.07, 6.45) is 20.8. The van der Waals surface area contributed by atoms with E-state index < -0.39 is 22.9 Å². The van der Waals surface area contributed by atoms with Gasteiger partial charge in [-0.15, -0.1) is 0 Å². The van der Waals surface area contributed by atoms with Crippen molar-refractivity contribution >= 4 is 29.8 Å². The average Bonchev–Trinajstić information content (AvgIpc) is 1.60. The number of hydrogen-bond acceptors (Lipinski definition) is 15. The Morgan fingerprint density at radius 2 is 0.907 bits per heavy atom. The number of fused-ring (bicyclic) bond motifs is 6. The molecule has 15 atom stereocenters. The number of nitrogens with two attached hydrogens (primary N) is 2. The molecule has 22 nitrogen and oxygen atoms in total. The van der Waals surface area contributed by atoms with Crippen molar-refractivity contribution in [2.45, 2.75) is 162 Å². The zero-order chi connectivity index (χ0) is 67.8. The van der Waals surface area contributed by atoms with E-state index in [9.17, 15) is 24.0 Å². The molecule has 3 aromatic rings. The maximum Gasteiger partial charge on any atom is 0.314 e. The van der Waals surface area contributed by atoms with Gasteiger partial charge in [0.05, 0.1) is 54.4 Å². The van der Waals surface area contributed by atoms with Crippen molar-refractivity contribution in [3.63, 3.8) is 0 Å². The number of urea groups is 2. The summed E-state index contributed by atoms with van der Waals surface area (Å²) in [5, 5.41) is 3.55. The largest absolute Gasteiger partial charge is 0.379 e. The summed E-state index contributed by atoms with van der Waals surface area (Å²) in [6, 6.07) is 5.67. The fraction of sp³-hybridized carbons (Fsp3) is 0.733. The van der Waals surface area contributed by atoms with Gasteiger partial charge in [-0.3, -0.25) is 29.3 Å². The lowest BCUT2D eigenvalue weighted by molar-refractivity contribution is -0.144. The topological polar surface area (TPSA) is 260 Å². The van der Waals surface area contributed by atoms with Crippen LogP contribution in [0.3, 0.4) is 0 Å². The first-order chi connectivity index (χ1) is 46.9. The number of primary amides is 2. The first-order valence-electron chi connectivity index (χ1n) is 36.8. The van der Waals surface area contributed by atoms with Crippen LogP contribution in [-0.4, -0.2) is 207 Å². The number of amides is 7. The second-order valence-electron chi connectivity index (χ2n) is 31.5. The predicted octanol–water partition coefficient (Wildman–Crippen LogP) is 6.97. The number of aromatic nitrogens is 3. The van der Waals surface area contributed by atoms with Gasteiger partial charge >= 0.3 is 12.1 Å². The number of ether oxygens (including phenoxy) is 6. The van der Waals surface area contributed by atoms with Crippen LogP contribution in [0, 0.1) is 90.3 Å². The smallest absolute Gasteiger partial charge is 0.314 e. The van der Waals surface area contributed by atoms with Crippen LogP contribution in [0.2, 0.25) is 0 Å². The summed E-state index contributed by atoms with van der Waals surface area (Å²) < 4.78 is 34.3. The highest BCUT2D eigenvalue weighted by Gasteiger charge is 2.62. The van der Waals surface area contributed by atoms with E-state index in [0.717, 1.165) is 169 Å². The van der Waals surface area contributed by atoms with Gasteiger partial charge < -0.3 is 69.7 Å². The van der Waals surface area contributed by atoms with Gasteiger partial charge in [-0.25, -0.2) is 9.59 Å². The minimum Gasteiger partial charge on any atom is -0.379 e. The maximum atomic E-state index is 14.2. The van der Waals surface area contributed by atoms with Crippen LogP contribution in [0.5, 0.6) is 0 Å². The average molecular weight is 1340 g/mol. The van der Waals surface area contributed by atoms with Crippen molar-refractivity contribution in [1.82, 2.24) is 44.8 Å². The molecule has 0 bridgehead atoms. The number of hydrogen-bond donors (Lipinski definition) is 3. The second kappa shape index (κ2) is 29.7. The summed E-state index contributed by atoms with van der Waals surface area (Å²) in [6.45, 7) is 21.3. The van der Waals surface area contributed by atoms with Crippen molar-refractivity contribution in [2.75, 3.05) is 119 Å². The molecule has 3 aromatic heterocycles. The van der Waals surface area contributed by atoms with Crippen LogP contribution in [-0.2, 0) is 81.7 Å². The molecule has 9 fully saturated rings. The van der Waals surface area contributed by atoms with Gasteiger partial charge in [-0.05, 0) is 198 Å². The normalized spacial score (nSPS) is 34.1. The molecule has 3 aliphatic carbocycles. The SMILES string of the molecule is CCOC1COCCC1C[C@@H]1C[C@H]2CN(C(N)=O)C[C@@]2(C(=O)N2CCc3ncc(C)cc3C2)C1.COC1COCCC1C[C@@H]1C[C@H]2CNC[C@@]2(C(=O)N2CCc3ncc(C)cc3C2)C1.CO[C@@H]1COCC[C@@H]1C[C@@H]1C[C@H]2CN(C(N)=O)C[C@@]2(C(=O)N2CCc3ncc(C)cc3C2)C1. The first kappa shape index (κ1) is 69.6. The monoisotopic (exact) mass is 1340 g/mol. The van der Waals surface area contributed by atoms with Crippen LogP contribution >= 0.6 is 0 Å². The lowest BCUT2D eigenvalue weighted by atomic mass is 9.78. The van der Waals surface area contributed by atoms with E-state index in [2.05, 4.69) is 50.3 Å². The summed E-state index contributed by atoms with van der Waals surface area (Å²) in [7, 11) is 3.56. The Labute approximate surface area is 574 Å². The molecule has 15 rings (SSSR count). The minimum absolute atomic E-state index is 0.127. The van der Waals surface area contributed by atoms with E-state index >= 15 is 0 Å². The fourth-order valence-electron chi connectivity index (χ4n) is 20.6. The molecule has 7 amide bonds. The highest BCUT2D eigenvalue weighted by Crippen LogP contribution is 2.57. The Kier molecular flexibility index (Phi) is 21.3. The van der Waals surface area contributed by atoms with E-state index in [1.165, 1.54) is 17.5 Å². The standard InChI is InChI=1S/C26H38N4O4.C25H36N4O4.C24H35N3O3/c1-3-34-23-15-33-7-5-19(23)9-18-10-21-14-30(25(27)32)16-26(21,11-18)24(31)29-6-4-22-20(13-29)8-17(2)12-28-22;1-16-7-19-12-28(5-3-21(19)27-11-16)23(30)25-10-17(8-18-4-6-33-14-22(18)32-2)9-20(25)13-29(15-25)24(26)31;1-16-7-19-13-27(5-3-21(19)26-11-16)23(28)24-10-17(9-20(24)12-25-15-24)8-18-4-6-30-14-22(18)29-2/h8,12,18-19,21,23H,3-7,9-11,13-16H2,1-2H3,(H2,27,32);7,11,17-18,20,22H,3-6,8-10,12-15H2,1-2H3,(H2,26,31);7,11,17-18,20,22,25H,3-6,8-10,12-15H2,1-2H3/t18-,19?,21+,23?,26+;17-,18-,20+,22-,25+;17-,18?,20+,22?,24+/m111/s1. The Morgan fingerprint density at radius 1 is 0.536 bits per heavy atom. The number of methoxy groups -OCH3 is 2. The van der Waals surface area contributed by atoms with Gasteiger partial charge in [0, 0.05) is 168 Å². The highest BCUT2D eigenvalue weighted by atomic mass is 16.5. The number of carbonyl (C=O) groups excluding carboxylic acids is 5. The van der Waals surface area contributed by atoms with Crippen molar-refractivity contribution < 1.29 is 52.4 Å². The van der Waals surface area contributed by atoms with Crippen molar-refractivity contribution in [3.8, 4) is 0 Å². The molecule has 0 aromatic carbocycles. The zero-order valence-corrected chi connectivity index (χ0v) is 58.7. The molecule has 9 aliphatic heterocycles. The van der Waals surface area contributed by atoms with Gasteiger partial charge in [0.2, 0.25) is 17.7 Å². The van der Waals surface area contributed by atoms with E-state index in [0.29, 0.717) is 133 Å². The number of aryl methyl sites for hydroxylation is 3. The van der Waals surface area contributed by atoms with Gasteiger partial charge in [-0.2, -0.15) is 0 Å². The molecule has 97 heavy (non-hydrogen) atoms. The molecular weight excluding hydrogens is 1230 g/mol. The van der Waals surface area contributed by atoms with E-state index in [-0.39, 0.29) is 47.4 Å². The van der Waals surface area contributed by atoms with Crippen LogP contribution in [0.25, 0.3) is 0 Å². The maximum absolute atomic E-state index is 14.2. The Hall–Kier alpha value is -5.88. The Bertz CT molecular complexity index is 3340. The molecule has 0 spiro atoms. The van der Waals surface area contributed by atoms with Crippen molar-refractivity contribution in [3.05, 3.63) is 87.3 Å². The molecule has 0 radical (unpaired) electrons. The van der Waals surface area contributed by atoms with Crippen molar-refractivity contribution in [1.29, 1.82) is 0 Å². The van der Waals surface area contributed by atoms with Crippen LogP contribution < -0.4 is 16.8 Å². The molecule has 6 saturated heterocycles. The molecule has 3 saturated carbocycles. The number of carbonyl (C=O) groups is 5. The summed E-state index contributed by atoms with van der Waals surface area (Å²) in [5.74, 6) is 4.58. The number of nitrogens with zero attached hydrogens (tertiary/aromatic N) is 8. The number of likely N-dealkylation sites (tertiary alicyclic amines) is 2. The van der Waals surface area contributed by atoms with E-state index in [1.54, 1.807) is 24.0 Å². The fourth-order valence-corrected chi connectivity index (χ4v) is 20.6. The molecule has 530 valence electrons. The third-order valence-electron chi connectivity index (χ3n) is 25.3. The zero-order valence-electron chi connectivity index (χ0n) is 58.7. The van der Waals surface area contributed by atoms with Gasteiger partial charge in [0.1, 0.15) is 0 Å². The number of rotatable bonds is 13. The molecule has 12 heterocycles. The van der Waals surface area contributed by atoms with Crippen LogP contribution in [0.4, 0.5) is 9.59 Å². The van der Waals surface area contributed by atoms with Crippen LogP contribution in [0.1, 0.15) is 134 Å². The van der Waals surface area contributed by atoms with Crippen molar-refractivity contribution in [2.24, 2.45) is 81.0 Å². The highest BCUT2D eigenvalue weighted by molar-refractivity contribution is 5.87. The third-order valence-corrected chi connectivity index (χ3v) is 25.3. The second-order valence-corrected chi connectivity index (χ2v) is 31.5. The van der Waals surface area contributed by atoms with Gasteiger partial charge in [0.25, 0.3) is 0 Å². The minimum atomic E-state index is -0.527. The third kappa shape index (κ3) is 14.4.